The van der Waals surface area contributed by atoms with Crippen LogP contribution < -0.4 is 16.6 Å². The fourth-order valence-corrected chi connectivity index (χ4v) is 3.08. The number of nitrogens with one attached hydrogen (secondary N) is 1. The van der Waals surface area contributed by atoms with E-state index in [1.165, 1.54) is 41.9 Å². The maximum Gasteiger partial charge on any atom is 0.291 e. The number of ketones is 1. The van der Waals surface area contributed by atoms with Gasteiger partial charge in [-0.3, -0.25) is 14.4 Å². The molecular formula is C22H21FN4O3. The first-order valence-corrected chi connectivity index (χ1v) is 9.29. The number of primary amides is 1. The van der Waals surface area contributed by atoms with E-state index in [1.54, 1.807) is 32.0 Å². The van der Waals surface area contributed by atoms with Crippen molar-refractivity contribution >= 4 is 23.1 Å². The number of hydrogen-bond acceptors (Lipinski definition) is 5. The standard InChI is InChI=1S/C22H21FN4O3/c1-12(2)27-22(30)20(25-17-9-5-7-15(11-17)21(24)29)18(13(3)28)19(26-27)14-6-4-8-16(23)10-14/h4-12,25H,1-3H3,(H2,24,29). The lowest BCUT2D eigenvalue weighted by Crippen LogP contribution is -2.30. The number of benzene rings is 2. The van der Waals surface area contributed by atoms with E-state index in [1.807, 2.05) is 0 Å². The number of rotatable bonds is 6. The Morgan fingerprint density at radius 2 is 1.83 bits per heavy atom. The molecule has 30 heavy (non-hydrogen) atoms. The number of carbonyl (C=O) groups is 2. The number of nitrogens with two attached hydrogens (primary N) is 1. The topological polar surface area (TPSA) is 107 Å². The Kier molecular flexibility index (Phi) is 5.77. The van der Waals surface area contributed by atoms with Crippen molar-refractivity contribution in [1.29, 1.82) is 0 Å². The zero-order valence-electron chi connectivity index (χ0n) is 16.8. The summed E-state index contributed by atoms with van der Waals surface area (Å²) in [6.07, 6.45) is 0. The number of Topliss-reactive ketones (excluding diaryl/α,β-unsaturated/α-hetero) is 1. The molecule has 0 saturated heterocycles. The molecule has 0 aliphatic heterocycles. The van der Waals surface area contributed by atoms with Crippen LogP contribution in [0.15, 0.2) is 53.3 Å². The van der Waals surface area contributed by atoms with Crippen LogP contribution >= 0.6 is 0 Å². The van der Waals surface area contributed by atoms with Crippen LogP contribution in [0, 0.1) is 5.82 Å². The van der Waals surface area contributed by atoms with Gasteiger partial charge in [0.25, 0.3) is 5.56 Å². The van der Waals surface area contributed by atoms with E-state index in [4.69, 9.17) is 5.73 Å². The van der Waals surface area contributed by atoms with Gasteiger partial charge in [-0.1, -0.05) is 18.2 Å². The van der Waals surface area contributed by atoms with Crippen LogP contribution in [0.3, 0.4) is 0 Å². The van der Waals surface area contributed by atoms with Gasteiger partial charge in [0.2, 0.25) is 5.91 Å². The summed E-state index contributed by atoms with van der Waals surface area (Å²) in [6, 6.07) is 11.6. The molecule has 1 heterocycles. The summed E-state index contributed by atoms with van der Waals surface area (Å²) >= 11 is 0. The first kappa shape index (κ1) is 20.9. The first-order valence-electron chi connectivity index (χ1n) is 9.29. The van der Waals surface area contributed by atoms with Crippen LogP contribution in [0.4, 0.5) is 15.8 Å². The summed E-state index contributed by atoms with van der Waals surface area (Å²) in [6.45, 7) is 4.85. The van der Waals surface area contributed by atoms with Crippen molar-refractivity contribution in [3.63, 3.8) is 0 Å². The Labute approximate surface area is 172 Å². The van der Waals surface area contributed by atoms with Crippen molar-refractivity contribution in [3.05, 3.63) is 75.8 Å². The van der Waals surface area contributed by atoms with Crippen molar-refractivity contribution < 1.29 is 14.0 Å². The summed E-state index contributed by atoms with van der Waals surface area (Å²) in [7, 11) is 0. The highest BCUT2D eigenvalue weighted by atomic mass is 19.1. The third-order valence-corrected chi connectivity index (χ3v) is 4.47. The molecule has 0 saturated carbocycles. The predicted octanol–water partition coefficient (Wildman–Crippen LogP) is 3.68. The zero-order valence-corrected chi connectivity index (χ0v) is 16.8. The Balaban J connectivity index is 2.30. The largest absolute Gasteiger partial charge is 0.366 e. The molecule has 0 spiro atoms. The van der Waals surface area contributed by atoms with Crippen molar-refractivity contribution in [2.24, 2.45) is 5.73 Å². The molecule has 8 heteroatoms. The summed E-state index contributed by atoms with van der Waals surface area (Å²) in [5.74, 6) is -1.53. The molecule has 0 aliphatic carbocycles. The molecular weight excluding hydrogens is 387 g/mol. The maximum absolute atomic E-state index is 13.9. The third-order valence-electron chi connectivity index (χ3n) is 4.47. The Bertz CT molecular complexity index is 1200. The van der Waals surface area contributed by atoms with Gasteiger partial charge in [-0.15, -0.1) is 0 Å². The molecule has 0 radical (unpaired) electrons. The predicted molar refractivity (Wildman–Crippen MR) is 113 cm³/mol. The molecule has 0 atom stereocenters. The maximum atomic E-state index is 13.9. The Morgan fingerprint density at radius 1 is 1.13 bits per heavy atom. The number of anilines is 2. The van der Waals surface area contributed by atoms with Crippen LogP contribution in [0.5, 0.6) is 0 Å². The van der Waals surface area contributed by atoms with Crippen LogP contribution in [0.25, 0.3) is 11.3 Å². The second kappa shape index (κ2) is 8.28. The van der Waals surface area contributed by atoms with E-state index in [2.05, 4.69) is 10.4 Å². The normalized spacial score (nSPS) is 10.8. The van der Waals surface area contributed by atoms with Gasteiger partial charge in [-0.25, -0.2) is 9.07 Å². The molecule has 7 nitrogen and oxygen atoms in total. The minimum Gasteiger partial charge on any atom is -0.366 e. The van der Waals surface area contributed by atoms with Crippen molar-refractivity contribution in [1.82, 2.24) is 9.78 Å². The number of halogens is 1. The van der Waals surface area contributed by atoms with Crippen LogP contribution in [0.1, 0.15) is 47.5 Å². The molecule has 2 aromatic carbocycles. The molecule has 0 unspecified atom stereocenters. The van der Waals surface area contributed by atoms with E-state index < -0.39 is 23.1 Å². The third kappa shape index (κ3) is 4.12. The van der Waals surface area contributed by atoms with E-state index in [9.17, 15) is 18.8 Å². The Morgan fingerprint density at radius 3 is 2.43 bits per heavy atom. The highest BCUT2D eigenvalue weighted by Gasteiger charge is 2.23. The van der Waals surface area contributed by atoms with E-state index in [0.29, 0.717) is 11.3 Å². The number of nitrogens with zero attached hydrogens (tertiary/aromatic N) is 2. The second-order valence-electron chi connectivity index (χ2n) is 7.08. The molecule has 0 bridgehead atoms. The lowest BCUT2D eigenvalue weighted by atomic mass is 10.0. The molecule has 3 N–H and O–H groups in total. The number of aromatic nitrogens is 2. The summed E-state index contributed by atoms with van der Waals surface area (Å²) in [5.41, 5.74) is 6.04. The fourth-order valence-electron chi connectivity index (χ4n) is 3.08. The van der Waals surface area contributed by atoms with Gasteiger partial charge in [0.05, 0.1) is 11.6 Å². The van der Waals surface area contributed by atoms with Gasteiger partial charge in [-0.05, 0) is 51.1 Å². The molecule has 3 rings (SSSR count). The van der Waals surface area contributed by atoms with Crippen molar-refractivity contribution in [3.8, 4) is 11.3 Å². The zero-order chi connectivity index (χ0) is 22.0. The average Bonchev–Trinajstić information content (AvgIpc) is 2.69. The van der Waals surface area contributed by atoms with Crippen LogP contribution in [0.2, 0.25) is 0 Å². The van der Waals surface area contributed by atoms with E-state index in [0.717, 1.165) is 0 Å². The Hall–Kier alpha value is -3.81. The van der Waals surface area contributed by atoms with Crippen molar-refractivity contribution in [2.45, 2.75) is 26.8 Å². The monoisotopic (exact) mass is 408 g/mol. The van der Waals surface area contributed by atoms with Crippen molar-refractivity contribution in [2.75, 3.05) is 5.32 Å². The lowest BCUT2D eigenvalue weighted by Gasteiger charge is -2.18. The molecule has 1 amide bonds. The highest BCUT2D eigenvalue weighted by Crippen LogP contribution is 2.29. The first-order chi connectivity index (χ1) is 14.2. The quantitative estimate of drug-likeness (QED) is 0.605. The van der Waals surface area contributed by atoms with Crippen LogP contribution in [-0.4, -0.2) is 21.5 Å². The van der Waals surface area contributed by atoms with E-state index in [-0.39, 0.29) is 28.6 Å². The lowest BCUT2D eigenvalue weighted by molar-refractivity contribution is 0.0996. The summed E-state index contributed by atoms with van der Waals surface area (Å²) < 4.78 is 15.1. The molecule has 1 aromatic heterocycles. The molecule has 0 aliphatic rings. The van der Waals surface area contributed by atoms with Gasteiger partial charge in [-0.2, -0.15) is 5.10 Å². The van der Waals surface area contributed by atoms with Gasteiger partial charge < -0.3 is 11.1 Å². The van der Waals surface area contributed by atoms with E-state index >= 15 is 0 Å². The van der Waals surface area contributed by atoms with Gasteiger partial charge >= 0.3 is 0 Å². The number of hydrogen-bond donors (Lipinski definition) is 2. The second-order valence-corrected chi connectivity index (χ2v) is 7.08. The smallest absolute Gasteiger partial charge is 0.291 e. The van der Waals surface area contributed by atoms with Gasteiger partial charge in [0, 0.05) is 16.8 Å². The molecule has 154 valence electrons. The minimum atomic E-state index is -0.625. The summed E-state index contributed by atoms with van der Waals surface area (Å²) in [4.78, 5) is 37.2. The van der Waals surface area contributed by atoms with Gasteiger partial charge in [0.1, 0.15) is 17.2 Å². The fraction of sp³-hybridized carbons (Fsp3) is 0.182. The average molecular weight is 408 g/mol. The molecule has 3 aromatic rings. The SMILES string of the molecule is CC(=O)c1c(-c2cccc(F)c2)nn(C(C)C)c(=O)c1Nc1cccc(C(N)=O)c1. The highest BCUT2D eigenvalue weighted by molar-refractivity contribution is 6.05. The van der Waals surface area contributed by atoms with Crippen LogP contribution in [-0.2, 0) is 0 Å². The molecule has 0 fully saturated rings. The number of carbonyl (C=O) groups excluding carboxylic acids is 2. The minimum absolute atomic E-state index is 0.00733. The van der Waals surface area contributed by atoms with Gasteiger partial charge in [0.15, 0.2) is 5.78 Å². The number of amides is 1. The summed E-state index contributed by atoms with van der Waals surface area (Å²) in [5, 5.41) is 7.30.